The van der Waals surface area contributed by atoms with Crippen molar-refractivity contribution in [1.82, 2.24) is 29.9 Å². The van der Waals surface area contributed by atoms with E-state index in [2.05, 4.69) is 50.5 Å². The van der Waals surface area contributed by atoms with E-state index in [0.717, 1.165) is 12.1 Å². The summed E-state index contributed by atoms with van der Waals surface area (Å²) in [7, 11) is -18.8. The summed E-state index contributed by atoms with van der Waals surface area (Å²) in [6.07, 6.45) is 2.40. The summed E-state index contributed by atoms with van der Waals surface area (Å²) >= 11 is 0. The standard InChI is InChI=1S/C40H40N12O14S4/c53-67(54,55)31-11-7-27(8-12-31)41-35-45-37(49-39(47-35)51-15-19-65-20-16-51)43-29-5-3-25(33(23-29)69(59,60)61)1-2-26-4-6-30(24-34(26)70(62,63)64)44-38-46-36(48-40(50-38)52-17-21-66-22-18-52)42-28-9-13-32(14-10-28)68(56,57)58/h1-14,23-24H,15-22H2,(H,53,54,55)(H,56,57,58)(H,59,60,61)(H,62,63,64)(H2,41,43,45,47,49)(H2,42,44,46,48,50). The molecule has 0 atom stereocenters. The zero-order chi connectivity index (χ0) is 49.8. The fraction of sp³-hybridized carbons (Fsp3) is 0.200. The fourth-order valence-corrected chi connectivity index (χ4v) is 9.21. The molecule has 2 aliphatic heterocycles. The summed E-state index contributed by atoms with van der Waals surface area (Å²) in [4.78, 5) is 34.4. The maximum absolute atomic E-state index is 12.8. The molecule has 4 aromatic carbocycles. The number of anilines is 6. The Bertz CT molecular complexity index is 3350. The van der Waals surface area contributed by atoms with Gasteiger partial charge in [-0.3, -0.25) is 28.2 Å². The Morgan fingerprint density at radius 3 is 1.19 bits per heavy atom. The van der Waals surface area contributed by atoms with Gasteiger partial charge in [0.15, 0.2) is 0 Å². The van der Waals surface area contributed by atoms with Crippen LogP contribution in [0.1, 0.15) is 11.1 Å². The molecule has 8 rings (SSSR count). The van der Waals surface area contributed by atoms with Crippen molar-refractivity contribution >= 4 is 99.2 Å². The molecule has 0 spiro atoms. The van der Waals surface area contributed by atoms with Crippen LogP contribution in [-0.2, 0) is 49.9 Å². The van der Waals surface area contributed by atoms with E-state index in [-0.39, 0.29) is 55.4 Å². The molecule has 0 radical (unpaired) electrons. The minimum atomic E-state index is -4.96. The first kappa shape index (κ1) is 49.4. The number of hydrogen-bond acceptors (Lipinski definition) is 20. The van der Waals surface area contributed by atoms with Gasteiger partial charge in [-0.2, -0.15) is 53.6 Å². The van der Waals surface area contributed by atoms with E-state index in [9.17, 15) is 51.9 Å². The predicted molar refractivity (Wildman–Crippen MR) is 250 cm³/mol. The van der Waals surface area contributed by atoms with Gasteiger partial charge in [-0.15, -0.1) is 0 Å². The van der Waals surface area contributed by atoms with E-state index < -0.39 is 50.3 Å². The highest BCUT2D eigenvalue weighted by Gasteiger charge is 2.21. The van der Waals surface area contributed by atoms with Gasteiger partial charge in [-0.25, -0.2) is 9.98 Å². The van der Waals surface area contributed by atoms with Gasteiger partial charge in [-0.1, -0.05) is 24.3 Å². The third kappa shape index (κ3) is 12.6. The molecule has 0 bridgehead atoms. The number of nitrogens with one attached hydrogen (secondary N) is 4. The lowest BCUT2D eigenvalue weighted by molar-refractivity contribution is 0.122. The quantitative estimate of drug-likeness (QED) is 0.0574. The molecule has 8 N–H and O–H groups in total. The highest BCUT2D eigenvalue weighted by atomic mass is 32.2. The number of rotatable bonds is 14. The van der Waals surface area contributed by atoms with Gasteiger partial charge < -0.3 is 29.9 Å². The Morgan fingerprint density at radius 1 is 0.500 bits per heavy atom. The third-order valence-electron chi connectivity index (χ3n) is 10.2. The van der Waals surface area contributed by atoms with Gasteiger partial charge in [-0.05, 0) is 83.9 Å². The Balaban J connectivity index is 1.11. The molecule has 2 aliphatic rings. The zero-order valence-electron chi connectivity index (χ0n) is 36.0. The van der Waals surface area contributed by atoms with Crippen LogP contribution in [0.15, 0.2) is 114 Å². The van der Waals surface area contributed by atoms with Crippen molar-refractivity contribution in [2.24, 2.45) is 9.98 Å². The van der Waals surface area contributed by atoms with Gasteiger partial charge in [0.25, 0.3) is 40.5 Å². The Morgan fingerprint density at radius 2 is 0.857 bits per heavy atom. The normalized spacial score (nSPS) is 15.7. The third-order valence-corrected chi connectivity index (χ3v) is 13.7. The predicted octanol–water partition coefficient (Wildman–Crippen LogP) is 2.71. The van der Waals surface area contributed by atoms with Crippen LogP contribution in [0.2, 0.25) is 0 Å². The first-order chi connectivity index (χ1) is 33.1. The number of nitrogens with zero attached hydrogens (tertiary/aromatic N) is 8. The lowest BCUT2D eigenvalue weighted by Crippen LogP contribution is -2.38. The molecule has 6 aromatic rings. The molecule has 2 saturated heterocycles. The van der Waals surface area contributed by atoms with Gasteiger partial charge in [0.1, 0.15) is 9.79 Å². The maximum atomic E-state index is 12.8. The van der Waals surface area contributed by atoms with Crippen LogP contribution in [0.5, 0.6) is 0 Å². The van der Waals surface area contributed by atoms with Crippen molar-refractivity contribution in [3.8, 4) is 0 Å². The van der Waals surface area contributed by atoms with E-state index >= 15 is 0 Å². The van der Waals surface area contributed by atoms with Crippen molar-refractivity contribution in [3.63, 3.8) is 0 Å². The Hall–Kier alpha value is -7.00. The van der Waals surface area contributed by atoms with Gasteiger partial charge >= 0.3 is 0 Å². The highest BCUT2D eigenvalue weighted by molar-refractivity contribution is 7.86. The second-order valence-corrected chi connectivity index (χ2v) is 20.7. The van der Waals surface area contributed by atoms with Crippen LogP contribution < -0.4 is 31.7 Å². The van der Waals surface area contributed by atoms with Gasteiger partial charge in [0.2, 0.25) is 35.0 Å². The van der Waals surface area contributed by atoms with Crippen LogP contribution in [0.4, 0.5) is 46.5 Å². The van der Waals surface area contributed by atoms with E-state index in [0.29, 0.717) is 75.9 Å². The molecule has 4 heterocycles. The second-order valence-electron chi connectivity index (χ2n) is 15.0. The average Bonchev–Trinajstić information content (AvgIpc) is 3.31. The molecule has 0 aliphatic carbocycles. The van der Waals surface area contributed by atoms with E-state index in [4.69, 9.17) is 9.47 Å². The van der Waals surface area contributed by atoms with Gasteiger partial charge in [0.05, 0.1) is 47.6 Å². The van der Waals surface area contributed by atoms with Crippen molar-refractivity contribution in [2.75, 3.05) is 73.0 Å². The molecular weight excluding hydrogens is 1000 g/mol. The fourth-order valence-electron chi connectivity index (χ4n) is 6.84. The van der Waals surface area contributed by atoms with E-state index in [1.54, 1.807) is 0 Å². The zero-order valence-corrected chi connectivity index (χ0v) is 39.2. The van der Waals surface area contributed by atoms with Gasteiger partial charge in [0, 0.05) is 37.6 Å². The molecule has 70 heavy (non-hydrogen) atoms. The van der Waals surface area contributed by atoms with Crippen LogP contribution in [0.3, 0.4) is 0 Å². The average molecular weight is 1040 g/mol. The van der Waals surface area contributed by atoms with E-state index in [1.165, 1.54) is 84.9 Å². The Labute approximate surface area is 398 Å². The minimum Gasteiger partial charge on any atom is -0.378 e. The van der Waals surface area contributed by atoms with Crippen LogP contribution in [0.25, 0.3) is 12.2 Å². The van der Waals surface area contributed by atoms with Crippen molar-refractivity contribution in [3.05, 3.63) is 107 Å². The molecule has 0 amide bonds. The largest absolute Gasteiger partial charge is 0.378 e. The number of benzene rings is 4. The number of aromatic nitrogens is 6. The molecule has 30 heteroatoms. The molecule has 2 aromatic heterocycles. The van der Waals surface area contributed by atoms with Crippen molar-refractivity contribution < 1.29 is 61.4 Å². The molecule has 368 valence electrons. The maximum Gasteiger partial charge on any atom is 0.295 e. The lowest BCUT2D eigenvalue weighted by Gasteiger charge is -2.27. The number of ether oxygens (including phenoxy) is 2. The van der Waals surface area contributed by atoms with Crippen LogP contribution >= 0.6 is 0 Å². The molecule has 0 unspecified atom stereocenters. The minimum absolute atomic E-state index is 0.000470. The summed E-state index contributed by atoms with van der Waals surface area (Å²) < 4.78 is 148. The molecule has 26 nitrogen and oxygen atoms in total. The number of morpholine rings is 2. The molecule has 2 fully saturated rings. The van der Waals surface area contributed by atoms with Crippen molar-refractivity contribution in [2.45, 2.75) is 19.6 Å². The number of hydrogen-bond donors (Lipinski definition) is 8. The summed E-state index contributed by atoms with van der Waals surface area (Å²) in [6, 6.07) is 17.7. The smallest absolute Gasteiger partial charge is 0.295 e. The topological polar surface area (TPSA) is 374 Å². The summed E-state index contributed by atoms with van der Waals surface area (Å²) in [5, 5.41) is 5.88. The summed E-state index contributed by atoms with van der Waals surface area (Å²) in [5.41, 5.74) is 0.332. The first-order valence-corrected chi connectivity index (χ1v) is 26.2. The van der Waals surface area contributed by atoms with Crippen molar-refractivity contribution in [1.29, 1.82) is 0 Å². The lowest BCUT2D eigenvalue weighted by atomic mass is 10.1. The van der Waals surface area contributed by atoms with E-state index in [1.807, 2.05) is 9.80 Å². The summed E-state index contributed by atoms with van der Waals surface area (Å²) in [5.74, 6) is 0.605. The molecule has 0 saturated carbocycles. The van der Waals surface area contributed by atoms with Crippen LogP contribution in [0, 0.1) is 0 Å². The first-order valence-electron chi connectivity index (χ1n) is 20.5. The summed E-state index contributed by atoms with van der Waals surface area (Å²) in [6.45, 7) is 3.34. The molecular formula is C40H40N12O14S4. The highest BCUT2D eigenvalue weighted by Crippen LogP contribution is 2.28. The number of aromatic amines is 2. The monoisotopic (exact) mass is 1040 g/mol. The second kappa shape index (κ2) is 20.2. The SMILES string of the molecule is O=S(=O)(O)c1ccc(Nc2nc(N3CCOCC3)[nH]c(=Nc3ccc(C=Cc4ccc(N=c5nc(Nc6ccc(S(=O)(=O)O)cc6)nc(N6CCOCC6)[nH]5)cc4S(=O)(=O)O)c(S(=O)(=O)O)c3)n2)cc1. The van der Waals surface area contributed by atoms with Crippen LogP contribution in [-0.4, -0.2) is 134 Å². The number of H-pyrrole nitrogens is 2. The Kier molecular flexibility index (Phi) is 14.2.